The third kappa shape index (κ3) is 2.41. The highest BCUT2D eigenvalue weighted by Gasteiger charge is 2.14. The molecule has 0 atom stereocenters. The molecule has 0 saturated heterocycles. The zero-order valence-electron chi connectivity index (χ0n) is 9.01. The van der Waals surface area contributed by atoms with Crippen LogP contribution in [-0.4, -0.2) is 7.11 Å². The van der Waals surface area contributed by atoms with Crippen LogP contribution in [0, 0.1) is 15.2 Å². The number of methoxy groups -OCH3 is 1. The first-order valence-electron chi connectivity index (χ1n) is 4.91. The van der Waals surface area contributed by atoms with Crippen LogP contribution >= 0.6 is 22.6 Å². The Morgan fingerprint density at radius 3 is 2.59 bits per heavy atom. The van der Waals surface area contributed by atoms with Crippen molar-refractivity contribution in [2.24, 2.45) is 0 Å². The van der Waals surface area contributed by atoms with Crippen LogP contribution in [0.15, 0.2) is 36.4 Å². The van der Waals surface area contributed by atoms with E-state index in [9.17, 15) is 8.78 Å². The summed E-state index contributed by atoms with van der Waals surface area (Å²) < 4.78 is 32.9. The minimum Gasteiger partial charge on any atom is -0.496 e. The van der Waals surface area contributed by atoms with Crippen LogP contribution in [0.3, 0.4) is 0 Å². The summed E-state index contributed by atoms with van der Waals surface area (Å²) in [5.41, 5.74) is 0.791. The molecule has 0 amide bonds. The molecule has 2 aromatic carbocycles. The van der Waals surface area contributed by atoms with Crippen molar-refractivity contribution >= 4 is 22.6 Å². The maximum absolute atomic E-state index is 13.8. The van der Waals surface area contributed by atoms with Crippen LogP contribution in [0.4, 0.5) is 8.78 Å². The second kappa shape index (κ2) is 5.00. The van der Waals surface area contributed by atoms with E-state index in [1.54, 1.807) is 18.2 Å². The van der Waals surface area contributed by atoms with E-state index in [1.807, 2.05) is 22.6 Å². The molecule has 2 aromatic rings. The quantitative estimate of drug-likeness (QED) is 0.739. The van der Waals surface area contributed by atoms with Crippen LogP contribution in [0.2, 0.25) is 0 Å². The first-order chi connectivity index (χ1) is 8.13. The summed E-state index contributed by atoms with van der Waals surface area (Å²) in [6.07, 6.45) is 0. The van der Waals surface area contributed by atoms with E-state index >= 15 is 0 Å². The van der Waals surface area contributed by atoms with Gasteiger partial charge in [-0.05, 0) is 52.9 Å². The normalized spacial score (nSPS) is 10.4. The van der Waals surface area contributed by atoms with Gasteiger partial charge in [0.25, 0.3) is 0 Å². The van der Waals surface area contributed by atoms with Crippen molar-refractivity contribution in [1.29, 1.82) is 0 Å². The van der Waals surface area contributed by atoms with Gasteiger partial charge < -0.3 is 4.74 Å². The van der Waals surface area contributed by atoms with Gasteiger partial charge in [0.1, 0.15) is 17.4 Å². The lowest BCUT2D eigenvalue weighted by Gasteiger charge is -2.11. The lowest BCUT2D eigenvalue weighted by molar-refractivity contribution is 0.413. The third-order valence-corrected chi connectivity index (χ3v) is 3.33. The summed E-state index contributed by atoms with van der Waals surface area (Å²) in [5, 5.41) is 0. The lowest BCUT2D eigenvalue weighted by atomic mass is 10.0. The van der Waals surface area contributed by atoms with Crippen LogP contribution in [0.5, 0.6) is 5.75 Å². The Morgan fingerprint density at radius 2 is 1.88 bits per heavy atom. The standard InChI is InChI=1S/C13H9F2IO/c1-17-12-4-2-3-10(15)13(12)9-7-8(14)5-6-11(9)16/h2-7H,1H3. The Hall–Kier alpha value is -1.17. The summed E-state index contributed by atoms with van der Waals surface area (Å²) in [5.74, 6) is -0.424. The van der Waals surface area contributed by atoms with Crippen molar-refractivity contribution < 1.29 is 13.5 Å². The number of hydrogen-bond acceptors (Lipinski definition) is 1. The highest BCUT2D eigenvalue weighted by molar-refractivity contribution is 14.1. The molecule has 0 unspecified atom stereocenters. The molecule has 4 heteroatoms. The third-order valence-electron chi connectivity index (χ3n) is 2.39. The molecule has 0 spiro atoms. The zero-order valence-corrected chi connectivity index (χ0v) is 11.2. The van der Waals surface area contributed by atoms with Gasteiger partial charge in [-0.2, -0.15) is 0 Å². The number of ether oxygens (including phenoxy) is 1. The number of benzene rings is 2. The Balaban J connectivity index is 2.71. The summed E-state index contributed by atoms with van der Waals surface area (Å²) >= 11 is 2.04. The molecule has 0 aliphatic rings. The Kier molecular flexibility index (Phi) is 3.61. The van der Waals surface area contributed by atoms with Crippen LogP contribution in [-0.2, 0) is 0 Å². The molecule has 1 nitrogen and oxygen atoms in total. The van der Waals surface area contributed by atoms with Crippen molar-refractivity contribution in [2.75, 3.05) is 7.11 Å². The van der Waals surface area contributed by atoms with Gasteiger partial charge in [0.2, 0.25) is 0 Å². The van der Waals surface area contributed by atoms with Gasteiger partial charge in [0.15, 0.2) is 0 Å². The molecular formula is C13H9F2IO. The fourth-order valence-corrected chi connectivity index (χ4v) is 2.23. The number of rotatable bonds is 2. The molecular weight excluding hydrogens is 337 g/mol. The minimum absolute atomic E-state index is 0.291. The van der Waals surface area contributed by atoms with E-state index in [0.717, 1.165) is 3.57 Å². The summed E-state index contributed by atoms with van der Waals surface area (Å²) in [7, 11) is 1.46. The molecule has 0 fully saturated rings. The van der Waals surface area contributed by atoms with E-state index in [2.05, 4.69) is 0 Å². The zero-order chi connectivity index (χ0) is 12.4. The molecule has 0 N–H and O–H groups in total. The van der Waals surface area contributed by atoms with Gasteiger partial charge in [-0.25, -0.2) is 8.78 Å². The average molecular weight is 346 g/mol. The van der Waals surface area contributed by atoms with Crippen molar-refractivity contribution in [2.45, 2.75) is 0 Å². The fourth-order valence-electron chi connectivity index (χ4n) is 1.62. The molecule has 0 radical (unpaired) electrons. The Labute approximate surface area is 112 Å². The first-order valence-corrected chi connectivity index (χ1v) is 5.99. The van der Waals surface area contributed by atoms with Gasteiger partial charge >= 0.3 is 0 Å². The van der Waals surface area contributed by atoms with E-state index in [4.69, 9.17) is 4.74 Å². The summed E-state index contributed by atoms with van der Waals surface area (Å²) in [4.78, 5) is 0. The molecule has 88 valence electrons. The summed E-state index contributed by atoms with van der Waals surface area (Å²) in [6, 6.07) is 8.81. The molecule has 0 heterocycles. The van der Waals surface area contributed by atoms with Crippen molar-refractivity contribution in [3.63, 3.8) is 0 Å². The van der Waals surface area contributed by atoms with Gasteiger partial charge in [-0.3, -0.25) is 0 Å². The minimum atomic E-state index is -0.423. The SMILES string of the molecule is COc1cccc(F)c1-c1cc(F)ccc1I. The van der Waals surface area contributed by atoms with Crippen LogP contribution < -0.4 is 4.74 Å². The van der Waals surface area contributed by atoms with E-state index in [0.29, 0.717) is 16.9 Å². The van der Waals surface area contributed by atoms with Crippen molar-refractivity contribution in [3.8, 4) is 16.9 Å². The Morgan fingerprint density at radius 1 is 1.12 bits per heavy atom. The highest BCUT2D eigenvalue weighted by atomic mass is 127. The maximum Gasteiger partial charge on any atom is 0.134 e. The van der Waals surface area contributed by atoms with Gasteiger partial charge in [-0.15, -0.1) is 0 Å². The van der Waals surface area contributed by atoms with E-state index in [1.165, 1.54) is 25.3 Å². The molecule has 0 aliphatic carbocycles. The second-order valence-electron chi connectivity index (χ2n) is 3.44. The molecule has 17 heavy (non-hydrogen) atoms. The van der Waals surface area contributed by atoms with Gasteiger partial charge in [0, 0.05) is 9.13 Å². The van der Waals surface area contributed by atoms with Gasteiger partial charge in [-0.1, -0.05) is 6.07 Å². The number of halogens is 3. The maximum atomic E-state index is 13.8. The molecule has 0 aromatic heterocycles. The second-order valence-corrected chi connectivity index (χ2v) is 4.60. The lowest BCUT2D eigenvalue weighted by Crippen LogP contribution is -1.94. The summed E-state index contributed by atoms with van der Waals surface area (Å²) in [6.45, 7) is 0. The largest absolute Gasteiger partial charge is 0.496 e. The predicted molar refractivity (Wildman–Crippen MR) is 71.1 cm³/mol. The smallest absolute Gasteiger partial charge is 0.134 e. The molecule has 0 bridgehead atoms. The number of hydrogen-bond donors (Lipinski definition) is 0. The van der Waals surface area contributed by atoms with Gasteiger partial charge in [0.05, 0.1) is 12.7 Å². The highest BCUT2D eigenvalue weighted by Crippen LogP contribution is 2.35. The average Bonchev–Trinajstić information content (AvgIpc) is 2.32. The van der Waals surface area contributed by atoms with E-state index < -0.39 is 11.6 Å². The van der Waals surface area contributed by atoms with Crippen LogP contribution in [0.1, 0.15) is 0 Å². The molecule has 0 saturated carbocycles. The monoisotopic (exact) mass is 346 g/mol. The van der Waals surface area contributed by atoms with Crippen LogP contribution in [0.25, 0.3) is 11.1 Å². The van der Waals surface area contributed by atoms with E-state index in [-0.39, 0.29) is 0 Å². The first kappa shape index (κ1) is 12.3. The Bertz CT molecular complexity index is 555. The predicted octanol–water partition coefficient (Wildman–Crippen LogP) is 4.25. The molecule has 2 rings (SSSR count). The topological polar surface area (TPSA) is 9.23 Å². The van der Waals surface area contributed by atoms with Crippen molar-refractivity contribution in [3.05, 3.63) is 51.6 Å². The molecule has 0 aliphatic heterocycles. The fraction of sp³-hybridized carbons (Fsp3) is 0.0769. The van der Waals surface area contributed by atoms with Crippen molar-refractivity contribution in [1.82, 2.24) is 0 Å².